The number of carbonyl (C=O) groups is 1. The minimum atomic E-state index is -0.445. The summed E-state index contributed by atoms with van der Waals surface area (Å²) >= 11 is 3.93. The summed E-state index contributed by atoms with van der Waals surface area (Å²) in [4.78, 5) is 16.0. The topological polar surface area (TPSA) is 42.0 Å². The summed E-state index contributed by atoms with van der Waals surface area (Å²) in [6.07, 6.45) is 1.66. The summed E-state index contributed by atoms with van der Waals surface area (Å²) in [5.41, 5.74) is 1.14. The highest BCUT2D eigenvalue weighted by Gasteiger charge is 2.07. The molecule has 0 saturated heterocycles. The van der Waals surface area contributed by atoms with Crippen LogP contribution in [0, 0.1) is 5.82 Å². The zero-order valence-electron chi connectivity index (χ0n) is 9.43. The molecule has 5 heteroatoms. The lowest BCUT2D eigenvalue weighted by Crippen LogP contribution is -2.23. The molecule has 1 aromatic carbocycles. The van der Waals surface area contributed by atoms with E-state index in [0.717, 1.165) is 5.69 Å². The summed E-state index contributed by atoms with van der Waals surface area (Å²) in [6.45, 7) is 0.332. The molecule has 1 amide bonds. The first-order chi connectivity index (χ1) is 8.66. The van der Waals surface area contributed by atoms with Crippen molar-refractivity contribution >= 4 is 18.5 Å². The molecule has 0 spiro atoms. The number of hydrogen-bond donors (Lipinski definition) is 2. The Morgan fingerprint density at radius 2 is 2.17 bits per heavy atom. The maximum atomic E-state index is 13.0. The second-order valence-corrected chi connectivity index (χ2v) is 4.15. The van der Waals surface area contributed by atoms with Crippen LogP contribution in [0.2, 0.25) is 0 Å². The summed E-state index contributed by atoms with van der Waals surface area (Å²) in [7, 11) is 0. The Bertz CT molecular complexity index is 560. The third-order valence-corrected chi connectivity index (χ3v) is 2.71. The van der Waals surface area contributed by atoms with E-state index in [1.165, 1.54) is 18.2 Å². The van der Waals surface area contributed by atoms with Gasteiger partial charge in [0.2, 0.25) is 0 Å². The summed E-state index contributed by atoms with van der Waals surface area (Å²) in [6, 6.07) is 9.50. The van der Waals surface area contributed by atoms with Gasteiger partial charge in [-0.05, 0) is 30.3 Å². The number of hydrogen-bond acceptors (Lipinski definition) is 3. The van der Waals surface area contributed by atoms with Crippen LogP contribution in [0.1, 0.15) is 16.1 Å². The first kappa shape index (κ1) is 12.6. The van der Waals surface area contributed by atoms with E-state index in [-0.39, 0.29) is 10.8 Å². The Balaban J connectivity index is 2.02. The van der Waals surface area contributed by atoms with Gasteiger partial charge in [0, 0.05) is 16.7 Å². The first-order valence-electron chi connectivity index (χ1n) is 5.33. The molecular weight excluding hydrogens is 251 g/mol. The lowest BCUT2D eigenvalue weighted by Gasteiger charge is -2.05. The number of amides is 1. The largest absolute Gasteiger partial charge is 0.346 e. The molecule has 0 saturated carbocycles. The van der Waals surface area contributed by atoms with Crippen LogP contribution in [0.3, 0.4) is 0 Å². The molecule has 0 radical (unpaired) electrons. The monoisotopic (exact) mass is 262 g/mol. The molecule has 18 heavy (non-hydrogen) atoms. The van der Waals surface area contributed by atoms with Crippen LogP contribution in [0.15, 0.2) is 47.5 Å². The molecule has 0 fully saturated rings. The van der Waals surface area contributed by atoms with Crippen LogP contribution in [0.4, 0.5) is 4.39 Å². The smallest absolute Gasteiger partial charge is 0.251 e. The van der Waals surface area contributed by atoms with Gasteiger partial charge in [-0.2, -0.15) is 0 Å². The summed E-state index contributed by atoms with van der Waals surface area (Å²) < 4.78 is 13.0. The van der Waals surface area contributed by atoms with Crippen molar-refractivity contribution in [2.24, 2.45) is 0 Å². The highest BCUT2D eigenvalue weighted by molar-refractivity contribution is 7.80. The van der Waals surface area contributed by atoms with Crippen molar-refractivity contribution in [2.45, 2.75) is 11.4 Å². The Labute approximate surface area is 109 Å². The third-order valence-electron chi connectivity index (χ3n) is 2.36. The fraction of sp³-hybridized carbons (Fsp3) is 0.0769. The fourth-order valence-corrected chi connectivity index (χ4v) is 1.64. The van der Waals surface area contributed by atoms with E-state index in [0.29, 0.717) is 12.1 Å². The second-order valence-electron chi connectivity index (χ2n) is 3.67. The molecular formula is C13H11FN2OS. The van der Waals surface area contributed by atoms with Gasteiger partial charge in [0.05, 0.1) is 12.2 Å². The van der Waals surface area contributed by atoms with Crippen LogP contribution in [-0.2, 0) is 6.54 Å². The van der Waals surface area contributed by atoms with Crippen LogP contribution < -0.4 is 5.32 Å². The third kappa shape index (κ3) is 3.07. The molecule has 0 atom stereocenters. The molecule has 0 unspecified atom stereocenters. The average molecular weight is 262 g/mol. The van der Waals surface area contributed by atoms with Crippen LogP contribution in [0.25, 0.3) is 0 Å². The Hall–Kier alpha value is -1.88. The molecule has 2 aromatic rings. The van der Waals surface area contributed by atoms with Crippen molar-refractivity contribution in [1.82, 2.24) is 10.3 Å². The van der Waals surface area contributed by atoms with Gasteiger partial charge in [-0.1, -0.05) is 6.07 Å². The van der Waals surface area contributed by atoms with Crippen molar-refractivity contribution in [3.8, 4) is 0 Å². The summed E-state index contributed by atoms with van der Waals surface area (Å²) in [5, 5.41) is 2.70. The lowest BCUT2D eigenvalue weighted by atomic mass is 10.2. The van der Waals surface area contributed by atoms with Gasteiger partial charge in [-0.25, -0.2) is 4.39 Å². The molecule has 1 aromatic heterocycles. The molecule has 1 N–H and O–H groups in total. The number of nitrogens with zero attached hydrogens (tertiary/aromatic N) is 1. The van der Waals surface area contributed by atoms with E-state index in [1.54, 1.807) is 12.3 Å². The maximum Gasteiger partial charge on any atom is 0.251 e. The number of thiol groups is 1. The van der Waals surface area contributed by atoms with Gasteiger partial charge in [0.25, 0.3) is 5.91 Å². The molecule has 92 valence electrons. The average Bonchev–Trinajstić information content (AvgIpc) is 2.40. The Kier molecular flexibility index (Phi) is 3.94. The van der Waals surface area contributed by atoms with E-state index < -0.39 is 5.82 Å². The number of benzene rings is 1. The number of halogens is 1. The standard InChI is InChI=1S/C13H11FN2OS/c14-11-5-4-9(7-12(11)18)13(17)16-8-10-3-1-2-6-15-10/h1-7,18H,8H2,(H,16,17). The SMILES string of the molecule is O=C(NCc1ccccn1)c1ccc(F)c(S)c1. The fourth-order valence-electron chi connectivity index (χ4n) is 1.43. The van der Waals surface area contributed by atoms with Gasteiger partial charge in [0.1, 0.15) is 5.82 Å². The zero-order chi connectivity index (χ0) is 13.0. The van der Waals surface area contributed by atoms with E-state index >= 15 is 0 Å². The van der Waals surface area contributed by atoms with Gasteiger partial charge in [-0.15, -0.1) is 12.6 Å². The van der Waals surface area contributed by atoms with Crippen LogP contribution in [-0.4, -0.2) is 10.9 Å². The van der Waals surface area contributed by atoms with Crippen molar-refractivity contribution in [1.29, 1.82) is 0 Å². The van der Waals surface area contributed by atoms with Gasteiger partial charge in [-0.3, -0.25) is 9.78 Å². The predicted octanol–water partition coefficient (Wildman–Crippen LogP) is 2.44. The molecule has 0 bridgehead atoms. The second kappa shape index (κ2) is 5.64. The minimum absolute atomic E-state index is 0.153. The molecule has 0 aliphatic heterocycles. The number of aromatic nitrogens is 1. The van der Waals surface area contributed by atoms with Crippen molar-refractivity contribution in [3.05, 3.63) is 59.7 Å². The molecule has 2 rings (SSSR count). The zero-order valence-corrected chi connectivity index (χ0v) is 10.3. The molecule has 3 nitrogen and oxygen atoms in total. The van der Waals surface area contributed by atoms with Crippen molar-refractivity contribution in [2.75, 3.05) is 0 Å². The first-order valence-corrected chi connectivity index (χ1v) is 5.78. The van der Waals surface area contributed by atoms with Crippen molar-refractivity contribution < 1.29 is 9.18 Å². The quantitative estimate of drug-likeness (QED) is 0.834. The van der Waals surface area contributed by atoms with E-state index in [2.05, 4.69) is 22.9 Å². The Morgan fingerprint density at radius 1 is 1.33 bits per heavy atom. The molecule has 0 aliphatic carbocycles. The van der Waals surface area contributed by atoms with E-state index in [4.69, 9.17) is 0 Å². The van der Waals surface area contributed by atoms with Crippen LogP contribution >= 0.6 is 12.6 Å². The normalized spacial score (nSPS) is 10.1. The molecule has 1 heterocycles. The highest BCUT2D eigenvalue weighted by Crippen LogP contribution is 2.14. The van der Waals surface area contributed by atoms with E-state index in [1.807, 2.05) is 12.1 Å². The molecule has 0 aliphatic rings. The maximum absolute atomic E-state index is 13.0. The van der Waals surface area contributed by atoms with Crippen LogP contribution in [0.5, 0.6) is 0 Å². The number of rotatable bonds is 3. The number of carbonyl (C=O) groups excluding carboxylic acids is 1. The van der Waals surface area contributed by atoms with Crippen molar-refractivity contribution in [3.63, 3.8) is 0 Å². The van der Waals surface area contributed by atoms with E-state index in [9.17, 15) is 9.18 Å². The lowest BCUT2D eigenvalue weighted by molar-refractivity contribution is 0.0950. The predicted molar refractivity (Wildman–Crippen MR) is 69.1 cm³/mol. The highest BCUT2D eigenvalue weighted by atomic mass is 32.1. The number of nitrogens with one attached hydrogen (secondary N) is 1. The Morgan fingerprint density at radius 3 is 2.83 bits per heavy atom. The van der Waals surface area contributed by atoms with Gasteiger partial charge >= 0.3 is 0 Å². The number of pyridine rings is 1. The summed E-state index contributed by atoms with van der Waals surface area (Å²) in [5.74, 6) is -0.726. The van der Waals surface area contributed by atoms with Gasteiger partial charge < -0.3 is 5.32 Å². The minimum Gasteiger partial charge on any atom is -0.346 e. The van der Waals surface area contributed by atoms with Gasteiger partial charge in [0.15, 0.2) is 0 Å².